The fraction of sp³-hybridized carbons (Fsp3) is 0. The van der Waals surface area contributed by atoms with Crippen LogP contribution in [0.25, 0.3) is 254 Å². The number of aromatic nitrogens is 10. The maximum absolute atomic E-state index is 6.92. The number of thiophene rings is 1. The first-order valence-electron chi connectivity index (χ1n) is 42.5. The molecule has 0 N–H and O–H groups in total. The van der Waals surface area contributed by atoms with E-state index in [-0.39, 0.29) is 0 Å². The van der Waals surface area contributed by atoms with Gasteiger partial charge in [0.05, 0.1) is 72.3 Å². The Labute approximate surface area is 725 Å². The van der Waals surface area contributed by atoms with Gasteiger partial charge < -0.3 is 22.7 Å². The molecule has 26 rings (SSSR count). The summed E-state index contributed by atoms with van der Waals surface area (Å²) in [6.45, 7) is 0. The molecule has 0 atom stereocenters. The molecule has 0 aliphatic carbocycles. The summed E-state index contributed by atoms with van der Waals surface area (Å²) < 4.78 is 19.0. The van der Waals surface area contributed by atoms with Crippen molar-refractivity contribution in [3.8, 4) is 124 Å². The second kappa shape index (κ2) is 28.4. The van der Waals surface area contributed by atoms with Crippen LogP contribution in [0.4, 0.5) is 0 Å². The summed E-state index contributed by atoms with van der Waals surface area (Å²) in [4.78, 5) is 32.7. The van der Waals surface area contributed by atoms with E-state index in [1.165, 1.54) is 47.1 Å². The number of fused-ring (bicyclic) bond motifs is 20. The second-order valence-electron chi connectivity index (χ2n) is 32.3. The molecule has 0 aliphatic heterocycles. The van der Waals surface area contributed by atoms with Crippen molar-refractivity contribution < 1.29 is 4.42 Å². The van der Waals surface area contributed by atoms with Gasteiger partial charge in [-0.05, 0) is 138 Å². The summed E-state index contributed by atoms with van der Waals surface area (Å²) in [5.41, 5.74) is 25.7. The lowest BCUT2D eigenvalue weighted by atomic mass is 9.94. The molecular weight excluding hydrogens is 1560 g/mol. The molecular formula is C114H68N10OS. The van der Waals surface area contributed by atoms with E-state index in [0.29, 0.717) is 34.9 Å². The van der Waals surface area contributed by atoms with Gasteiger partial charge in [-0.3, -0.25) is 0 Å². The van der Waals surface area contributed by atoms with Crippen molar-refractivity contribution >= 4 is 141 Å². The number of rotatable bonds is 13. The van der Waals surface area contributed by atoms with Gasteiger partial charge >= 0.3 is 0 Å². The number of furan rings is 1. The summed E-state index contributed by atoms with van der Waals surface area (Å²) in [5.74, 6) is 3.39. The summed E-state index contributed by atoms with van der Waals surface area (Å²) in [6, 6.07) is 148. The Morgan fingerprint density at radius 2 is 0.524 bits per heavy atom. The highest BCUT2D eigenvalue weighted by Crippen LogP contribution is 2.50. The zero-order chi connectivity index (χ0) is 82.6. The topological polar surface area (TPSA) is 110 Å². The lowest BCUT2D eigenvalue weighted by Crippen LogP contribution is -2.04. The Bertz CT molecular complexity index is 8770. The molecule has 0 unspecified atom stereocenters. The van der Waals surface area contributed by atoms with E-state index in [2.05, 4.69) is 352 Å². The highest BCUT2D eigenvalue weighted by molar-refractivity contribution is 7.26. The monoisotopic (exact) mass is 1620 g/mol. The number of para-hydroxylation sites is 8. The van der Waals surface area contributed by atoms with E-state index in [0.717, 1.165) is 172 Å². The quantitative estimate of drug-likeness (QED) is 0.113. The van der Waals surface area contributed by atoms with E-state index in [1.807, 2.05) is 90.2 Å². The summed E-state index contributed by atoms with van der Waals surface area (Å²) in [6.07, 6.45) is 0. The predicted octanol–water partition coefficient (Wildman–Crippen LogP) is 29.7. The molecule has 26 aromatic rings. The van der Waals surface area contributed by atoms with E-state index >= 15 is 0 Å². The van der Waals surface area contributed by atoms with E-state index in [4.69, 9.17) is 34.3 Å². The number of benzene rings is 18. The largest absolute Gasteiger partial charge is 0.455 e. The van der Waals surface area contributed by atoms with Crippen LogP contribution in [0, 0.1) is 0 Å². The summed E-state index contributed by atoms with van der Waals surface area (Å²) >= 11 is 1.85. The first kappa shape index (κ1) is 71.0. The molecule has 0 bridgehead atoms. The first-order chi connectivity index (χ1) is 62.5. The average molecular weight is 1630 g/mol. The Kier molecular flexibility index (Phi) is 16.0. The maximum Gasteiger partial charge on any atom is 0.166 e. The van der Waals surface area contributed by atoms with Crippen LogP contribution in [0.1, 0.15) is 0 Å². The molecule has 8 aromatic heterocycles. The van der Waals surface area contributed by atoms with Gasteiger partial charge in [-0.25, -0.2) is 29.9 Å². The number of nitrogens with zero attached hydrogens (tertiary/aromatic N) is 10. The van der Waals surface area contributed by atoms with Crippen molar-refractivity contribution in [2.24, 2.45) is 0 Å². The molecule has 0 spiro atoms. The van der Waals surface area contributed by atoms with Crippen molar-refractivity contribution in [1.29, 1.82) is 0 Å². The van der Waals surface area contributed by atoms with Crippen LogP contribution in [-0.2, 0) is 0 Å². The smallest absolute Gasteiger partial charge is 0.166 e. The van der Waals surface area contributed by atoms with Crippen LogP contribution in [0.15, 0.2) is 417 Å². The van der Waals surface area contributed by atoms with Gasteiger partial charge in [0.15, 0.2) is 34.9 Å². The van der Waals surface area contributed by atoms with Crippen LogP contribution < -0.4 is 0 Å². The zero-order valence-electron chi connectivity index (χ0n) is 67.5. The number of hydrogen-bond donors (Lipinski definition) is 0. The van der Waals surface area contributed by atoms with Crippen molar-refractivity contribution in [2.75, 3.05) is 0 Å². The fourth-order valence-electron chi connectivity index (χ4n) is 19.7. The summed E-state index contributed by atoms with van der Waals surface area (Å²) in [5, 5.41) is 13.7. The minimum Gasteiger partial charge on any atom is -0.455 e. The van der Waals surface area contributed by atoms with Gasteiger partial charge in [0, 0.05) is 113 Å². The van der Waals surface area contributed by atoms with E-state index in [1.54, 1.807) is 0 Å². The zero-order valence-corrected chi connectivity index (χ0v) is 68.4. The maximum atomic E-state index is 6.92. The SMILES string of the molecule is c1ccc(-c2nc(-c3ccccc3)nc(-c3cc(-c4cc(-c5ccc6sc7c(ccc8c7c7ccccc7n8-c7ccc(-c8ccccc8-n8c9ccccc9c9ccccc98)cc7-c7nc(-c8ccccc8)nc(-c8ccccc8)n7)c6c5)ccc4-n4c5ccccc5c5ccccc54)ccc3-n3c4ccccc4c4c5oc6ccccc6c5ccc43)n2)cc1. The molecule has 0 saturated carbocycles. The molecule has 0 saturated heterocycles. The third kappa shape index (κ3) is 11.2. The van der Waals surface area contributed by atoms with Crippen LogP contribution in [0.3, 0.4) is 0 Å². The minimum absolute atomic E-state index is 0.529. The minimum atomic E-state index is 0.529. The van der Waals surface area contributed by atoms with Gasteiger partial charge in [-0.2, -0.15) is 0 Å². The second-order valence-corrected chi connectivity index (χ2v) is 33.4. The molecule has 586 valence electrons. The average Bonchev–Trinajstić information content (AvgIpc) is 1.56. The number of hydrogen-bond acceptors (Lipinski definition) is 8. The Morgan fingerprint density at radius 3 is 1.02 bits per heavy atom. The third-order valence-electron chi connectivity index (χ3n) is 25.3. The highest BCUT2D eigenvalue weighted by atomic mass is 32.1. The molecule has 126 heavy (non-hydrogen) atoms. The van der Waals surface area contributed by atoms with Gasteiger partial charge in [-0.1, -0.05) is 297 Å². The molecule has 18 aromatic carbocycles. The van der Waals surface area contributed by atoms with Crippen molar-refractivity contribution in [2.45, 2.75) is 0 Å². The van der Waals surface area contributed by atoms with Crippen molar-refractivity contribution in [3.05, 3.63) is 413 Å². The lowest BCUT2D eigenvalue weighted by molar-refractivity contribution is 0.673. The molecule has 8 heterocycles. The predicted molar refractivity (Wildman–Crippen MR) is 520 cm³/mol. The van der Waals surface area contributed by atoms with E-state index in [9.17, 15) is 0 Å². The van der Waals surface area contributed by atoms with E-state index < -0.39 is 0 Å². The van der Waals surface area contributed by atoms with Gasteiger partial charge in [0.1, 0.15) is 11.2 Å². The molecule has 11 nitrogen and oxygen atoms in total. The molecule has 0 fully saturated rings. The van der Waals surface area contributed by atoms with Crippen LogP contribution in [-0.4, -0.2) is 48.2 Å². The molecule has 12 heteroatoms. The molecule has 0 aliphatic rings. The third-order valence-corrected chi connectivity index (χ3v) is 26.5. The Morgan fingerprint density at radius 1 is 0.190 bits per heavy atom. The van der Waals surface area contributed by atoms with Crippen molar-refractivity contribution in [1.82, 2.24) is 48.2 Å². The Hall–Kier alpha value is -16.8. The molecule has 0 radical (unpaired) electrons. The Balaban J connectivity index is 0.680. The van der Waals surface area contributed by atoms with Crippen molar-refractivity contribution in [3.63, 3.8) is 0 Å². The van der Waals surface area contributed by atoms with Gasteiger partial charge in [0.25, 0.3) is 0 Å². The van der Waals surface area contributed by atoms with Gasteiger partial charge in [-0.15, -0.1) is 11.3 Å². The standard InChI is InChI=1S/C114H68N10OS/c1-5-29-69(30-6-1)109-115-110(70-31-7-2-8-32-70)118-113(117-109)89-67-75(77-37-13-21-45-91(77)121-92-46-22-14-38-78(92)79-39-15-23-47-93(79)121)54-60-100(89)124-97-51-27-19-44-86(97)106-102(124)63-58-84-88-66-74(56-64-104(88)126-108(84)106)73-53-59-98(122-94-48-24-16-40-80(94)81-41-17-25-49-95(81)122)87(65-73)76-55-61-99(90(68-76)114-119-111(71-33-9-3-10-34-71)116-112(120-114)72-35-11-4-12-36-72)123-96-50-26-18-43-85(96)105-101(123)62-57-83-82-42-20-28-52-103(82)125-107(83)105/h1-68H. The van der Waals surface area contributed by atoms with Crippen LogP contribution in [0.5, 0.6) is 0 Å². The van der Waals surface area contributed by atoms with Gasteiger partial charge in [0.2, 0.25) is 0 Å². The summed E-state index contributed by atoms with van der Waals surface area (Å²) in [7, 11) is 0. The lowest BCUT2D eigenvalue weighted by Gasteiger charge is -2.19. The molecule has 0 amide bonds. The normalized spacial score (nSPS) is 12.0. The fourth-order valence-corrected chi connectivity index (χ4v) is 20.9. The van der Waals surface area contributed by atoms with Crippen LogP contribution >= 0.6 is 11.3 Å². The van der Waals surface area contributed by atoms with Crippen LogP contribution in [0.2, 0.25) is 0 Å². The first-order valence-corrected chi connectivity index (χ1v) is 43.3. The highest BCUT2D eigenvalue weighted by Gasteiger charge is 2.29.